The van der Waals surface area contributed by atoms with Crippen molar-refractivity contribution in [3.8, 4) is 0 Å². The number of carbonyl (C=O) groups excluding carboxylic acids is 1. The normalized spacial score (nSPS) is 39.5. The minimum absolute atomic E-state index is 0.152. The highest BCUT2D eigenvalue weighted by atomic mass is 16.1. The minimum Gasteiger partial charge on any atom is -0.382 e. The Labute approximate surface area is 112 Å². The number of aromatic nitrogens is 2. The summed E-state index contributed by atoms with van der Waals surface area (Å²) < 4.78 is 0. The molecule has 0 aromatic carbocycles. The van der Waals surface area contributed by atoms with Crippen LogP contribution < -0.4 is 5.73 Å². The topological polar surface area (TPSA) is 68.9 Å². The molecule has 100 valence electrons. The number of nitrogen functional groups attached to an aromatic ring is 1. The standard InChI is InChI=1S/C15H19N3O/c16-15-13(17-1-2-18-15)14(19)12-10-4-8-3-9(6-10)7-11(12)5-8/h1-2,8-12H,3-7H2,(H2,16,18). The van der Waals surface area contributed by atoms with E-state index in [-0.39, 0.29) is 11.7 Å². The lowest BCUT2D eigenvalue weighted by atomic mass is 9.51. The fraction of sp³-hybridized carbons (Fsp3) is 0.667. The second kappa shape index (κ2) is 4.02. The van der Waals surface area contributed by atoms with Crippen LogP contribution in [0.25, 0.3) is 0 Å². The third-order valence-electron chi connectivity index (χ3n) is 5.49. The van der Waals surface area contributed by atoms with E-state index in [4.69, 9.17) is 5.73 Å². The molecule has 0 atom stereocenters. The van der Waals surface area contributed by atoms with Gasteiger partial charge in [0.05, 0.1) is 0 Å². The van der Waals surface area contributed by atoms with Gasteiger partial charge in [0, 0.05) is 18.3 Å². The number of hydrogen-bond acceptors (Lipinski definition) is 4. The molecule has 4 saturated carbocycles. The molecule has 4 fully saturated rings. The number of anilines is 1. The zero-order valence-corrected chi connectivity index (χ0v) is 11.0. The summed E-state index contributed by atoms with van der Waals surface area (Å²) in [5.74, 6) is 3.51. The molecule has 1 heterocycles. The Bertz CT molecular complexity index is 500. The molecule has 0 saturated heterocycles. The van der Waals surface area contributed by atoms with Gasteiger partial charge in [-0.1, -0.05) is 0 Å². The number of ketones is 1. The average Bonchev–Trinajstić information content (AvgIpc) is 2.37. The zero-order valence-electron chi connectivity index (χ0n) is 11.0. The van der Waals surface area contributed by atoms with E-state index in [0.717, 1.165) is 11.8 Å². The van der Waals surface area contributed by atoms with Gasteiger partial charge in [0.2, 0.25) is 0 Å². The van der Waals surface area contributed by atoms with Crippen LogP contribution in [0.2, 0.25) is 0 Å². The van der Waals surface area contributed by atoms with Gasteiger partial charge in [-0.3, -0.25) is 4.79 Å². The highest BCUT2D eigenvalue weighted by molar-refractivity contribution is 6.00. The van der Waals surface area contributed by atoms with Gasteiger partial charge in [-0.2, -0.15) is 0 Å². The monoisotopic (exact) mass is 257 g/mol. The van der Waals surface area contributed by atoms with Gasteiger partial charge >= 0.3 is 0 Å². The fourth-order valence-corrected chi connectivity index (χ4v) is 5.05. The largest absolute Gasteiger partial charge is 0.382 e. The first-order chi connectivity index (χ1) is 9.22. The summed E-state index contributed by atoms with van der Waals surface area (Å²) in [6.45, 7) is 0. The van der Waals surface area contributed by atoms with E-state index in [2.05, 4.69) is 9.97 Å². The molecule has 4 aliphatic rings. The molecule has 2 N–H and O–H groups in total. The first-order valence-corrected chi connectivity index (χ1v) is 7.33. The van der Waals surface area contributed by atoms with Gasteiger partial charge in [0.1, 0.15) is 5.69 Å². The lowest BCUT2D eigenvalue weighted by Gasteiger charge is -2.53. The van der Waals surface area contributed by atoms with Gasteiger partial charge in [-0.25, -0.2) is 9.97 Å². The summed E-state index contributed by atoms with van der Waals surface area (Å²) >= 11 is 0. The van der Waals surface area contributed by atoms with Crippen molar-refractivity contribution >= 4 is 11.6 Å². The van der Waals surface area contributed by atoms with Crippen molar-refractivity contribution in [2.75, 3.05) is 5.73 Å². The van der Waals surface area contributed by atoms with Crippen molar-refractivity contribution in [2.45, 2.75) is 32.1 Å². The summed E-state index contributed by atoms with van der Waals surface area (Å²) in [5.41, 5.74) is 6.22. The maximum absolute atomic E-state index is 12.8. The molecule has 19 heavy (non-hydrogen) atoms. The SMILES string of the molecule is Nc1nccnc1C(=O)C1C2CC3CC(C2)CC1C3. The second-order valence-electron chi connectivity index (χ2n) is 6.61. The lowest BCUT2D eigenvalue weighted by Crippen LogP contribution is -2.48. The maximum Gasteiger partial charge on any atom is 0.188 e. The molecule has 4 bridgehead atoms. The van der Waals surface area contributed by atoms with Crippen LogP contribution in [0.3, 0.4) is 0 Å². The highest BCUT2D eigenvalue weighted by Gasteiger charge is 2.51. The molecule has 4 aliphatic carbocycles. The van der Waals surface area contributed by atoms with Crippen molar-refractivity contribution in [1.82, 2.24) is 9.97 Å². The Kier molecular flexibility index (Phi) is 2.41. The summed E-state index contributed by atoms with van der Waals surface area (Å²) in [6, 6.07) is 0. The van der Waals surface area contributed by atoms with Crippen molar-refractivity contribution in [2.24, 2.45) is 29.6 Å². The van der Waals surface area contributed by atoms with Crippen molar-refractivity contribution in [3.05, 3.63) is 18.1 Å². The van der Waals surface area contributed by atoms with E-state index in [1.54, 1.807) is 12.4 Å². The van der Waals surface area contributed by atoms with Crippen LogP contribution >= 0.6 is 0 Å². The zero-order chi connectivity index (χ0) is 13.0. The molecule has 0 aliphatic heterocycles. The molecular weight excluding hydrogens is 238 g/mol. The van der Waals surface area contributed by atoms with Crippen LogP contribution in [-0.4, -0.2) is 15.8 Å². The van der Waals surface area contributed by atoms with E-state index in [1.165, 1.54) is 32.1 Å². The third kappa shape index (κ3) is 1.69. The quantitative estimate of drug-likeness (QED) is 0.825. The number of rotatable bonds is 2. The minimum atomic E-state index is 0.152. The van der Waals surface area contributed by atoms with Gasteiger partial charge in [0.25, 0.3) is 0 Å². The van der Waals surface area contributed by atoms with Crippen LogP contribution in [-0.2, 0) is 0 Å². The Balaban J connectivity index is 1.66. The second-order valence-corrected chi connectivity index (χ2v) is 6.61. The smallest absolute Gasteiger partial charge is 0.188 e. The molecule has 1 aromatic heterocycles. The summed E-state index contributed by atoms with van der Waals surface area (Å²) in [5, 5.41) is 0. The maximum atomic E-state index is 12.8. The number of nitrogens with zero attached hydrogens (tertiary/aromatic N) is 2. The van der Waals surface area contributed by atoms with E-state index in [0.29, 0.717) is 23.3 Å². The lowest BCUT2D eigenvalue weighted by molar-refractivity contribution is -0.0252. The summed E-state index contributed by atoms with van der Waals surface area (Å²) in [6.07, 6.45) is 9.48. The number of carbonyl (C=O) groups is 1. The molecule has 0 amide bonds. The summed E-state index contributed by atoms with van der Waals surface area (Å²) in [4.78, 5) is 21.0. The summed E-state index contributed by atoms with van der Waals surface area (Å²) in [7, 11) is 0. The first kappa shape index (κ1) is 11.4. The van der Waals surface area contributed by atoms with Crippen LogP contribution in [0.1, 0.15) is 42.6 Å². The van der Waals surface area contributed by atoms with E-state index in [9.17, 15) is 4.79 Å². The van der Waals surface area contributed by atoms with E-state index >= 15 is 0 Å². The molecule has 1 aromatic rings. The number of Topliss-reactive ketones (excluding diaryl/α,β-unsaturated/α-hetero) is 1. The fourth-order valence-electron chi connectivity index (χ4n) is 5.05. The number of nitrogens with two attached hydrogens (primary N) is 1. The Morgan fingerprint density at radius 1 is 1.00 bits per heavy atom. The van der Waals surface area contributed by atoms with Gasteiger partial charge in [-0.05, 0) is 55.8 Å². The Hall–Kier alpha value is -1.45. The molecular formula is C15H19N3O. The predicted molar refractivity (Wildman–Crippen MR) is 71.3 cm³/mol. The molecule has 0 spiro atoms. The van der Waals surface area contributed by atoms with Crippen molar-refractivity contribution < 1.29 is 4.79 Å². The molecule has 0 radical (unpaired) electrons. The highest BCUT2D eigenvalue weighted by Crippen LogP contribution is 2.57. The van der Waals surface area contributed by atoms with Gasteiger partial charge in [0.15, 0.2) is 11.6 Å². The number of hydrogen-bond donors (Lipinski definition) is 1. The Morgan fingerprint density at radius 3 is 2.16 bits per heavy atom. The third-order valence-corrected chi connectivity index (χ3v) is 5.49. The van der Waals surface area contributed by atoms with E-state index in [1.807, 2.05) is 0 Å². The van der Waals surface area contributed by atoms with Crippen LogP contribution in [0, 0.1) is 29.6 Å². The van der Waals surface area contributed by atoms with Crippen LogP contribution in [0.4, 0.5) is 5.82 Å². The van der Waals surface area contributed by atoms with E-state index < -0.39 is 0 Å². The average molecular weight is 257 g/mol. The van der Waals surface area contributed by atoms with Gasteiger partial charge < -0.3 is 5.73 Å². The first-order valence-electron chi connectivity index (χ1n) is 7.33. The molecule has 0 unspecified atom stereocenters. The van der Waals surface area contributed by atoms with Crippen LogP contribution in [0.5, 0.6) is 0 Å². The van der Waals surface area contributed by atoms with Gasteiger partial charge in [-0.15, -0.1) is 0 Å². The molecule has 5 rings (SSSR count). The Morgan fingerprint density at radius 2 is 1.58 bits per heavy atom. The van der Waals surface area contributed by atoms with Crippen molar-refractivity contribution in [3.63, 3.8) is 0 Å². The predicted octanol–water partition coefficient (Wildman–Crippen LogP) is 2.31. The molecule has 4 nitrogen and oxygen atoms in total. The van der Waals surface area contributed by atoms with Crippen LogP contribution in [0.15, 0.2) is 12.4 Å². The molecule has 4 heteroatoms. The van der Waals surface area contributed by atoms with Crippen molar-refractivity contribution in [1.29, 1.82) is 0 Å².